The highest BCUT2D eigenvalue weighted by Gasteiger charge is 2.53. The van der Waals surface area contributed by atoms with Gasteiger partial charge < -0.3 is 0 Å². The van der Waals surface area contributed by atoms with Gasteiger partial charge >= 0.3 is 0 Å². The van der Waals surface area contributed by atoms with E-state index in [1.807, 2.05) is 0 Å². The fourth-order valence-electron chi connectivity index (χ4n) is 7.77. The third-order valence-corrected chi connectivity index (χ3v) is 9.08. The Bertz CT molecular complexity index is 2100. The second-order valence-corrected chi connectivity index (χ2v) is 10.9. The molecule has 0 heterocycles. The smallest absolute Gasteiger partial charge is 0.0619 e. The van der Waals surface area contributed by atoms with Gasteiger partial charge in [0, 0.05) is 0 Å². The van der Waals surface area contributed by atoms with Gasteiger partial charge in [0.2, 0.25) is 0 Å². The number of hydrogen-bond acceptors (Lipinski definition) is 0. The molecule has 0 radical (unpaired) electrons. The van der Waals surface area contributed by atoms with Gasteiger partial charge in [0.05, 0.1) is 5.41 Å². The molecule has 7 aromatic carbocycles. The van der Waals surface area contributed by atoms with Crippen molar-refractivity contribution in [3.63, 3.8) is 0 Å². The van der Waals surface area contributed by atoms with Crippen LogP contribution in [0.4, 0.5) is 0 Å². The molecule has 0 atom stereocenters. The molecular formula is C38H24. The van der Waals surface area contributed by atoms with Crippen LogP contribution in [0.15, 0.2) is 127 Å². The van der Waals surface area contributed by atoms with Crippen molar-refractivity contribution in [1.82, 2.24) is 0 Å². The van der Waals surface area contributed by atoms with Gasteiger partial charge in [0.25, 0.3) is 0 Å². The lowest BCUT2D eigenvalue weighted by Gasteiger charge is -2.32. The summed E-state index contributed by atoms with van der Waals surface area (Å²) >= 11 is 0. The highest BCUT2D eigenvalue weighted by molar-refractivity contribution is 6.21. The molecule has 1 spiro atoms. The van der Waals surface area contributed by atoms with Crippen LogP contribution in [-0.2, 0) is 5.41 Å². The molecule has 176 valence electrons. The maximum atomic E-state index is 2.40. The normalized spacial score (nSPS) is 14.1. The van der Waals surface area contributed by atoms with E-state index in [1.54, 1.807) is 0 Å². The summed E-state index contributed by atoms with van der Waals surface area (Å²) < 4.78 is 0. The fourth-order valence-corrected chi connectivity index (χ4v) is 7.77. The van der Waals surface area contributed by atoms with E-state index in [-0.39, 0.29) is 5.41 Å². The standard InChI is InChI=1S/C38H24/c1-23-18-20-25-24(22-23)19-21-32-35-30-14-4-2-10-26(30)27-11-3-5-15-31(27)37(35)38(36(25)32)33-16-8-6-12-28(33)29-13-7-9-17-34(29)38/h2-22H,1H3. The molecular weight excluding hydrogens is 456 g/mol. The zero-order chi connectivity index (χ0) is 25.0. The SMILES string of the molecule is Cc1ccc2c3c(ccc2c1)-c1c(c2ccccc2c2ccccc12)C31c2ccccc2-c2ccccc21. The minimum absolute atomic E-state index is 0.379. The zero-order valence-electron chi connectivity index (χ0n) is 21.1. The molecule has 7 aromatic rings. The number of fused-ring (bicyclic) bond motifs is 17. The molecule has 0 nitrogen and oxygen atoms in total. The first kappa shape index (κ1) is 20.4. The molecule has 0 saturated heterocycles. The number of rotatable bonds is 0. The number of hydrogen-bond donors (Lipinski definition) is 0. The van der Waals surface area contributed by atoms with E-state index < -0.39 is 0 Å². The van der Waals surface area contributed by atoms with Crippen molar-refractivity contribution < 1.29 is 0 Å². The Hall–Kier alpha value is -4.68. The van der Waals surface area contributed by atoms with E-state index >= 15 is 0 Å². The third-order valence-electron chi connectivity index (χ3n) is 9.08. The van der Waals surface area contributed by atoms with Crippen LogP contribution in [0, 0.1) is 6.92 Å². The number of benzene rings is 7. The summed E-state index contributed by atoms with van der Waals surface area (Å²) in [5.41, 5.74) is 12.0. The Morgan fingerprint density at radius 1 is 0.421 bits per heavy atom. The molecule has 38 heavy (non-hydrogen) atoms. The van der Waals surface area contributed by atoms with Crippen LogP contribution in [-0.4, -0.2) is 0 Å². The second kappa shape index (κ2) is 7.00. The molecule has 0 bridgehead atoms. The van der Waals surface area contributed by atoms with E-state index in [0.717, 1.165) is 0 Å². The zero-order valence-corrected chi connectivity index (χ0v) is 21.1. The lowest BCUT2D eigenvalue weighted by atomic mass is 9.68. The Kier molecular flexibility index (Phi) is 3.75. The maximum Gasteiger partial charge on any atom is 0.0737 e. The van der Waals surface area contributed by atoms with Gasteiger partial charge in [0.1, 0.15) is 0 Å². The summed E-state index contributed by atoms with van der Waals surface area (Å²) in [5.74, 6) is 0. The van der Waals surface area contributed by atoms with E-state index in [9.17, 15) is 0 Å². The van der Waals surface area contributed by atoms with Crippen molar-refractivity contribution in [2.45, 2.75) is 12.3 Å². The highest BCUT2D eigenvalue weighted by Crippen LogP contribution is 2.66. The molecule has 0 aliphatic heterocycles. The lowest BCUT2D eigenvalue weighted by molar-refractivity contribution is 0.809. The van der Waals surface area contributed by atoms with Gasteiger partial charge in [-0.05, 0) is 83.7 Å². The molecule has 0 heteroatoms. The topological polar surface area (TPSA) is 0 Å². The first-order valence-corrected chi connectivity index (χ1v) is 13.5. The van der Waals surface area contributed by atoms with Crippen molar-refractivity contribution in [1.29, 1.82) is 0 Å². The molecule has 0 amide bonds. The van der Waals surface area contributed by atoms with Gasteiger partial charge in [-0.1, -0.05) is 133 Å². The number of aryl methyl sites for hydroxylation is 1. The van der Waals surface area contributed by atoms with Gasteiger partial charge in [-0.25, -0.2) is 0 Å². The Labute approximate surface area is 221 Å². The van der Waals surface area contributed by atoms with E-state index in [4.69, 9.17) is 0 Å². The molecule has 2 aliphatic rings. The molecule has 0 fully saturated rings. The second-order valence-electron chi connectivity index (χ2n) is 10.9. The van der Waals surface area contributed by atoms with Crippen LogP contribution in [0.1, 0.15) is 27.8 Å². The quantitative estimate of drug-likeness (QED) is 0.189. The van der Waals surface area contributed by atoms with Gasteiger partial charge in [0.15, 0.2) is 0 Å². The van der Waals surface area contributed by atoms with Gasteiger partial charge in [-0.2, -0.15) is 0 Å². The molecule has 0 saturated carbocycles. The van der Waals surface area contributed by atoms with Crippen LogP contribution in [0.5, 0.6) is 0 Å². The molecule has 0 N–H and O–H groups in total. The summed E-state index contributed by atoms with van der Waals surface area (Å²) in [4.78, 5) is 0. The molecule has 2 aliphatic carbocycles. The maximum absolute atomic E-state index is 2.40. The van der Waals surface area contributed by atoms with Crippen LogP contribution in [0.3, 0.4) is 0 Å². The first-order chi connectivity index (χ1) is 18.8. The predicted octanol–water partition coefficient (Wildman–Crippen LogP) is 9.80. The summed E-state index contributed by atoms with van der Waals surface area (Å²) in [7, 11) is 0. The minimum atomic E-state index is -0.379. The van der Waals surface area contributed by atoms with Crippen molar-refractivity contribution in [3.05, 3.63) is 155 Å². The Morgan fingerprint density at radius 3 is 1.71 bits per heavy atom. The molecule has 0 aromatic heterocycles. The summed E-state index contributed by atoms with van der Waals surface area (Å²) in [6.45, 7) is 2.19. The minimum Gasteiger partial charge on any atom is -0.0619 e. The largest absolute Gasteiger partial charge is 0.0737 e. The predicted molar refractivity (Wildman–Crippen MR) is 160 cm³/mol. The van der Waals surface area contributed by atoms with Crippen molar-refractivity contribution >= 4 is 32.3 Å². The van der Waals surface area contributed by atoms with Gasteiger partial charge in [-0.3, -0.25) is 0 Å². The Balaban J connectivity index is 1.64. The van der Waals surface area contributed by atoms with E-state index in [0.29, 0.717) is 0 Å². The average molecular weight is 481 g/mol. The lowest BCUT2D eigenvalue weighted by Crippen LogP contribution is -2.26. The fraction of sp³-hybridized carbons (Fsp3) is 0.0526. The van der Waals surface area contributed by atoms with Crippen molar-refractivity contribution in [2.75, 3.05) is 0 Å². The Morgan fingerprint density at radius 2 is 1.00 bits per heavy atom. The van der Waals surface area contributed by atoms with Crippen LogP contribution < -0.4 is 0 Å². The first-order valence-electron chi connectivity index (χ1n) is 13.5. The monoisotopic (exact) mass is 480 g/mol. The van der Waals surface area contributed by atoms with Crippen molar-refractivity contribution in [2.24, 2.45) is 0 Å². The average Bonchev–Trinajstić information content (AvgIpc) is 3.45. The van der Waals surface area contributed by atoms with E-state index in [1.165, 1.54) is 82.4 Å². The van der Waals surface area contributed by atoms with Gasteiger partial charge in [-0.15, -0.1) is 0 Å². The molecule has 9 rings (SSSR count). The summed E-state index contributed by atoms with van der Waals surface area (Å²) in [6.07, 6.45) is 0. The summed E-state index contributed by atoms with van der Waals surface area (Å²) in [6, 6.07) is 48.0. The van der Waals surface area contributed by atoms with Crippen molar-refractivity contribution in [3.8, 4) is 22.3 Å². The van der Waals surface area contributed by atoms with Crippen LogP contribution in [0.2, 0.25) is 0 Å². The third kappa shape index (κ3) is 2.24. The summed E-state index contributed by atoms with van der Waals surface area (Å²) in [5, 5.41) is 8.01. The van der Waals surface area contributed by atoms with E-state index in [2.05, 4.69) is 134 Å². The molecule has 0 unspecified atom stereocenters. The van der Waals surface area contributed by atoms with Crippen LogP contribution in [0.25, 0.3) is 54.6 Å². The van der Waals surface area contributed by atoms with Crippen LogP contribution >= 0.6 is 0 Å². The highest BCUT2D eigenvalue weighted by atomic mass is 14.5.